The van der Waals surface area contributed by atoms with Gasteiger partial charge in [0.25, 0.3) is 0 Å². The molecule has 0 aromatic rings. The van der Waals surface area contributed by atoms with Crippen LogP contribution in [0.5, 0.6) is 0 Å². The Morgan fingerprint density at radius 1 is 1.62 bits per heavy atom. The first kappa shape index (κ1) is 4.80. The molecule has 0 aromatic carbocycles. The molecule has 1 heteroatoms. The van der Waals surface area contributed by atoms with Crippen LogP contribution in [0, 0.1) is 0 Å². The lowest BCUT2D eigenvalue weighted by molar-refractivity contribution is 0.523. The average Bonchev–Trinajstić information content (AvgIpc) is 2.22. The Morgan fingerprint density at radius 3 is 2.88 bits per heavy atom. The molecule has 0 amide bonds. The first-order valence-electron chi connectivity index (χ1n) is 3.69. The van der Waals surface area contributed by atoms with E-state index < -0.39 is 0 Å². The van der Waals surface area contributed by atoms with E-state index in [1.54, 1.807) is 0 Å². The predicted molar refractivity (Wildman–Crippen MR) is 33.8 cm³/mol. The molecule has 2 heterocycles. The third-order valence-electron chi connectivity index (χ3n) is 2.54. The van der Waals surface area contributed by atoms with E-state index in [0.717, 1.165) is 12.1 Å². The summed E-state index contributed by atoms with van der Waals surface area (Å²) in [6.45, 7) is 3.69. The fourth-order valence-corrected chi connectivity index (χ4v) is 2.07. The van der Waals surface area contributed by atoms with Crippen LogP contribution >= 0.6 is 0 Å². The van der Waals surface area contributed by atoms with Crippen LogP contribution in [0.4, 0.5) is 0 Å². The van der Waals surface area contributed by atoms with E-state index >= 15 is 0 Å². The maximum atomic E-state index is 2.62. The van der Waals surface area contributed by atoms with Crippen LogP contribution in [0.25, 0.3) is 0 Å². The van der Waals surface area contributed by atoms with Crippen molar-refractivity contribution in [2.75, 3.05) is 6.54 Å². The van der Waals surface area contributed by atoms with Gasteiger partial charge in [-0.1, -0.05) is 6.92 Å². The molecule has 46 valence electrons. The zero-order valence-corrected chi connectivity index (χ0v) is 5.43. The Hall–Kier alpha value is -0.0400. The minimum absolute atomic E-state index is 1.00. The second kappa shape index (κ2) is 1.47. The van der Waals surface area contributed by atoms with Crippen LogP contribution in [0.1, 0.15) is 26.2 Å². The second-order valence-electron chi connectivity index (χ2n) is 2.92. The van der Waals surface area contributed by atoms with E-state index in [1.807, 2.05) is 0 Å². The summed E-state index contributed by atoms with van der Waals surface area (Å²) in [7, 11) is 0. The van der Waals surface area contributed by atoms with Crippen molar-refractivity contribution in [2.45, 2.75) is 38.3 Å². The molecule has 2 fully saturated rings. The van der Waals surface area contributed by atoms with Crippen LogP contribution in [-0.4, -0.2) is 23.5 Å². The molecule has 0 bridgehead atoms. The highest BCUT2D eigenvalue weighted by Crippen LogP contribution is 2.39. The molecule has 2 saturated heterocycles. The Bertz CT molecular complexity index is 83.8. The number of hydrogen-bond donors (Lipinski definition) is 0. The van der Waals surface area contributed by atoms with Gasteiger partial charge in [0.15, 0.2) is 0 Å². The molecular weight excluding hydrogens is 98.1 g/mol. The maximum Gasteiger partial charge on any atom is 0.0255 e. The lowest BCUT2D eigenvalue weighted by atomic mass is 10.2. The summed E-state index contributed by atoms with van der Waals surface area (Å²) in [6.07, 6.45) is 4.32. The number of piperidine rings is 1. The van der Waals surface area contributed by atoms with Crippen LogP contribution in [-0.2, 0) is 0 Å². The SMILES string of the molecule is CCC1C2CCCN12. The number of nitrogens with zero attached hydrogens (tertiary/aromatic N) is 1. The van der Waals surface area contributed by atoms with Crippen LogP contribution < -0.4 is 0 Å². The van der Waals surface area contributed by atoms with Crippen molar-refractivity contribution in [2.24, 2.45) is 0 Å². The monoisotopic (exact) mass is 111 g/mol. The van der Waals surface area contributed by atoms with E-state index in [9.17, 15) is 0 Å². The van der Waals surface area contributed by atoms with Crippen molar-refractivity contribution in [1.29, 1.82) is 0 Å². The standard InChI is InChI=1S/C7H13N/c1-2-6-7-4-3-5-8(6)7/h6-7H,2-5H2,1H3. The Kier molecular flexibility index (Phi) is 0.884. The lowest BCUT2D eigenvalue weighted by Gasteiger charge is -1.95. The van der Waals surface area contributed by atoms with E-state index in [-0.39, 0.29) is 0 Å². The van der Waals surface area contributed by atoms with Gasteiger partial charge in [-0.05, 0) is 25.8 Å². The van der Waals surface area contributed by atoms with Gasteiger partial charge in [0, 0.05) is 12.1 Å². The summed E-state index contributed by atoms with van der Waals surface area (Å²) < 4.78 is 0. The van der Waals surface area contributed by atoms with Gasteiger partial charge in [-0.2, -0.15) is 0 Å². The van der Waals surface area contributed by atoms with Crippen LogP contribution in [0.2, 0.25) is 0 Å². The number of rotatable bonds is 1. The van der Waals surface area contributed by atoms with Gasteiger partial charge in [-0.3, -0.25) is 4.90 Å². The van der Waals surface area contributed by atoms with E-state index in [2.05, 4.69) is 11.8 Å². The molecule has 1 nitrogen and oxygen atoms in total. The molecule has 0 aromatic heterocycles. The van der Waals surface area contributed by atoms with Gasteiger partial charge >= 0.3 is 0 Å². The fourth-order valence-electron chi connectivity index (χ4n) is 2.07. The zero-order valence-electron chi connectivity index (χ0n) is 5.43. The molecule has 8 heavy (non-hydrogen) atoms. The van der Waals surface area contributed by atoms with E-state index in [4.69, 9.17) is 0 Å². The number of fused-ring (bicyclic) bond motifs is 1. The molecule has 3 atom stereocenters. The lowest BCUT2D eigenvalue weighted by Crippen LogP contribution is -2.00. The van der Waals surface area contributed by atoms with Crippen molar-refractivity contribution < 1.29 is 0 Å². The summed E-state index contributed by atoms with van der Waals surface area (Å²) >= 11 is 0. The fraction of sp³-hybridized carbons (Fsp3) is 1.00. The highest BCUT2D eigenvalue weighted by molar-refractivity contribution is 5.04. The zero-order chi connectivity index (χ0) is 5.56. The summed E-state index contributed by atoms with van der Waals surface area (Å²) in [6, 6.07) is 2.03. The molecule has 0 aliphatic carbocycles. The molecule has 0 N–H and O–H groups in total. The summed E-state index contributed by atoms with van der Waals surface area (Å²) in [5.41, 5.74) is 0. The van der Waals surface area contributed by atoms with Gasteiger partial charge in [0.2, 0.25) is 0 Å². The molecule has 2 rings (SSSR count). The second-order valence-corrected chi connectivity index (χ2v) is 2.92. The third-order valence-corrected chi connectivity index (χ3v) is 2.54. The largest absolute Gasteiger partial charge is 0.294 e. The normalized spacial score (nSPS) is 51.4. The first-order chi connectivity index (χ1) is 3.93. The Balaban J connectivity index is 1.94. The van der Waals surface area contributed by atoms with E-state index in [0.29, 0.717) is 0 Å². The maximum absolute atomic E-state index is 2.62. The molecule has 3 unspecified atom stereocenters. The molecular formula is C7H13N. The quantitative estimate of drug-likeness (QED) is 0.460. The molecule has 0 saturated carbocycles. The van der Waals surface area contributed by atoms with Crippen molar-refractivity contribution >= 4 is 0 Å². The predicted octanol–water partition coefficient (Wildman–Crippen LogP) is 1.24. The highest BCUT2D eigenvalue weighted by atomic mass is 15.4. The molecule has 2 aliphatic rings. The van der Waals surface area contributed by atoms with Gasteiger partial charge in [0.1, 0.15) is 0 Å². The van der Waals surface area contributed by atoms with Crippen molar-refractivity contribution in [3.8, 4) is 0 Å². The number of hydrogen-bond acceptors (Lipinski definition) is 1. The van der Waals surface area contributed by atoms with Gasteiger partial charge in [-0.15, -0.1) is 0 Å². The Labute approximate surface area is 50.7 Å². The Morgan fingerprint density at radius 2 is 2.50 bits per heavy atom. The van der Waals surface area contributed by atoms with Crippen molar-refractivity contribution in [1.82, 2.24) is 4.90 Å². The summed E-state index contributed by atoms with van der Waals surface area (Å²) in [4.78, 5) is 2.62. The van der Waals surface area contributed by atoms with Crippen LogP contribution in [0.3, 0.4) is 0 Å². The van der Waals surface area contributed by atoms with Crippen LogP contribution in [0.15, 0.2) is 0 Å². The van der Waals surface area contributed by atoms with Gasteiger partial charge in [-0.25, -0.2) is 0 Å². The smallest absolute Gasteiger partial charge is 0.0255 e. The topological polar surface area (TPSA) is 3.01 Å². The average molecular weight is 111 g/mol. The van der Waals surface area contributed by atoms with Crippen molar-refractivity contribution in [3.05, 3.63) is 0 Å². The van der Waals surface area contributed by atoms with Crippen molar-refractivity contribution in [3.63, 3.8) is 0 Å². The van der Waals surface area contributed by atoms with Gasteiger partial charge in [0.05, 0.1) is 0 Å². The third kappa shape index (κ3) is 0.455. The molecule has 2 aliphatic heterocycles. The highest BCUT2D eigenvalue weighted by Gasteiger charge is 2.48. The molecule has 0 radical (unpaired) electrons. The summed E-state index contributed by atoms with van der Waals surface area (Å²) in [5.74, 6) is 0. The van der Waals surface area contributed by atoms with Gasteiger partial charge < -0.3 is 0 Å². The minimum atomic E-state index is 1.00. The van der Waals surface area contributed by atoms with E-state index in [1.165, 1.54) is 25.8 Å². The summed E-state index contributed by atoms with van der Waals surface area (Å²) in [5, 5.41) is 0. The molecule has 0 spiro atoms. The first-order valence-corrected chi connectivity index (χ1v) is 3.69. The minimum Gasteiger partial charge on any atom is -0.294 e.